The van der Waals surface area contributed by atoms with E-state index in [-0.39, 0.29) is 5.91 Å². The topological polar surface area (TPSA) is 80.5 Å². The minimum Gasteiger partial charge on any atom is -0.383 e. The van der Waals surface area contributed by atoms with Gasteiger partial charge in [-0.05, 0) is 25.7 Å². The van der Waals surface area contributed by atoms with Gasteiger partial charge in [-0.15, -0.1) is 0 Å². The molecule has 3 N–H and O–H groups in total. The number of anilines is 2. The van der Waals surface area contributed by atoms with Gasteiger partial charge in [0.15, 0.2) is 5.13 Å². The first-order chi connectivity index (χ1) is 9.69. The molecule has 0 aromatic carbocycles. The summed E-state index contributed by atoms with van der Waals surface area (Å²) in [6, 6.07) is 0.857. The largest absolute Gasteiger partial charge is 0.383 e. The second-order valence-electron chi connectivity index (χ2n) is 5.37. The third-order valence-corrected chi connectivity index (χ3v) is 4.53. The van der Waals surface area contributed by atoms with E-state index in [0.717, 1.165) is 18.0 Å². The molecule has 2 fully saturated rings. The fourth-order valence-corrected chi connectivity index (χ4v) is 3.02. The predicted molar refractivity (Wildman–Crippen MR) is 79.1 cm³/mol. The number of carbonyl (C=O) groups excluding carboxylic acids is 1. The van der Waals surface area contributed by atoms with Gasteiger partial charge in [-0.25, -0.2) is 4.98 Å². The summed E-state index contributed by atoms with van der Waals surface area (Å²) in [5, 5.41) is 4.05. The second-order valence-corrected chi connectivity index (χ2v) is 6.37. The number of nitrogens with one attached hydrogen (secondary N) is 1. The zero-order valence-electron chi connectivity index (χ0n) is 11.6. The maximum Gasteiger partial charge on any atom is 0.268 e. The Bertz CT molecular complexity index is 497. The van der Waals surface area contributed by atoms with E-state index in [4.69, 9.17) is 10.5 Å². The highest BCUT2D eigenvalue weighted by Gasteiger charge is 2.35. The normalized spacial score (nSPS) is 18.1. The van der Waals surface area contributed by atoms with Crippen molar-refractivity contribution in [1.82, 2.24) is 9.88 Å². The van der Waals surface area contributed by atoms with Crippen molar-refractivity contribution in [3.8, 4) is 0 Å². The molecule has 0 atom stereocenters. The molecule has 2 aliphatic carbocycles. The molecular weight excluding hydrogens is 276 g/mol. The zero-order valence-corrected chi connectivity index (χ0v) is 12.4. The minimum absolute atomic E-state index is 0.0107. The van der Waals surface area contributed by atoms with Gasteiger partial charge in [0.1, 0.15) is 10.7 Å². The third kappa shape index (κ3) is 3.04. The Morgan fingerprint density at radius 1 is 1.50 bits per heavy atom. The molecule has 1 amide bonds. The van der Waals surface area contributed by atoms with E-state index in [0.29, 0.717) is 35.9 Å². The highest BCUT2D eigenvalue weighted by Crippen LogP contribution is 2.34. The van der Waals surface area contributed by atoms with Crippen LogP contribution < -0.4 is 11.1 Å². The molecule has 0 bridgehead atoms. The average Bonchev–Trinajstić information content (AvgIpc) is 3.31. The van der Waals surface area contributed by atoms with Crippen LogP contribution in [-0.2, 0) is 4.74 Å². The quantitative estimate of drug-likeness (QED) is 0.798. The number of nitrogen functional groups attached to an aromatic ring is 1. The molecule has 20 heavy (non-hydrogen) atoms. The summed E-state index contributed by atoms with van der Waals surface area (Å²) in [5.74, 6) is 0.328. The molecule has 1 aromatic heterocycles. The fourth-order valence-electron chi connectivity index (χ4n) is 2.11. The van der Waals surface area contributed by atoms with Crippen molar-refractivity contribution in [2.75, 3.05) is 31.3 Å². The second kappa shape index (κ2) is 5.57. The molecule has 1 heterocycles. The first kappa shape index (κ1) is 13.6. The molecule has 2 aliphatic rings. The van der Waals surface area contributed by atoms with Crippen molar-refractivity contribution in [2.24, 2.45) is 0 Å². The standard InChI is InChI=1S/C13H20N4O2S/c1-19-7-6-17(9-4-5-9)12(18)10-11(14)16-13(20-10)15-8-2-3-8/h8-9H,2-7,14H2,1H3,(H,15,16). The molecule has 110 valence electrons. The van der Waals surface area contributed by atoms with Gasteiger partial charge in [0, 0.05) is 25.7 Å². The summed E-state index contributed by atoms with van der Waals surface area (Å²) in [7, 11) is 1.65. The van der Waals surface area contributed by atoms with Gasteiger partial charge in [-0.1, -0.05) is 11.3 Å². The summed E-state index contributed by atoms with van der Waals surface area (Å²) in [6.45, 7) is 1.16. The maximum absolute atomic E-state index is 12.6. The first-order valence-electron chi connectivity index (χ1n) is 7.01. The van der Waals surface area contributed by atoms with Crippen molar-refractivity contribution in [1.29, 1.82) is 0 Å². The zero-order chi connectivity index (χ0) is 14.1. The van der Waals surface area contributed by atoms with E-state index < -0.39 is 0 Å². The van der Waals surface area contributed by atoms with Gasteiger partial charge in [0.2, 0.25) is 0 Å². The highest BCUT2D eigenvalue weighted by atomic mass is 32.1. The molecule has 0 unspecified atom stereocenters. The highest BCUT2D eigenvalue weighted by molar-refractivity contribution is 7.18. The molecule has 0 saturated heterocycles. The van der Waals surface area contributed by atoms with Crippen LogP contribution in [0.5, 0.6) is 0 Å². The van der Waals surface area contributed by atoms with E-state index in [1.165, 1.54) is 24.2 Å². The predicted octanol–water partition coefficient (Wildman–Crippen LogP) is 1.55. The molecule has 7 heteroatoms. The molecule has 1 aromatic rings. The lowest BCUT2D eigenvalue weighted by Gasteiger charge is -2.21. The van der Waals surface area contributed by atoms with Crippen LogP contribution in [0.4, 0.5) is 10.9 Å². The fraction of sp³-hybridized carbons (Fsp3) is 0.692. The number of hydrogen-bond donors (Lipinski definition) is 2. The molecular formula is C13H20N4O2S. The van der Waals surface area contributed by atoms with Gasteiger partial charge in [0.25, 0.3) is 5.91 Å². The number of nitrogens with zero attached hydrogens (tertiary/aromatic N) is 2. The van der Waals surface area contributed by atoms with E-state index in [1.807, 2.05) is 4.90 Å². The van der Waals surface area contributed by atoms with E-state index in [9.17, 15) is 4.79 Å². The van der Waals surface area contributed by atoms with Gasteiger partial charge in [-0.2, -0.15) is 0 Å². The van der Waals surface area contributed by atoms with Gasteiger partial charge in [0.05, 0.1) is 6.61 Å². The molecule has 3 rings (SSSR count). The summed E-state index contributed by atoms with van der Waals surface area (Å²) < 4.78 is 5.08. The van der Waals surface area contributed by atoms with Crippen LogP contribution in [0.1, 0.15) is 35.4 Å². The Morgan fingerprint density at radius 3 is 2.85 bits per heavy atom. The number of hydrogen-bond acceptors (Lipinski definition) is 6. The molecule has 2 saturated carbocycles. The number of carbonyl (C=O) groups is 1. The smallest absolute Gasteiger partial charge is 0.268 e. The van der Waals surface area contributed by atoms with Crippen LogP contribution in [0.25, 0.3) is 0 Å². The Morgan fingerprint density at radius 2 is 2.25 bits per heavy atom. The lowest BCUT2D eigenvalue weighted by atomic mass is 10.3. The van der Waals surface area contributed by atoms with Crippen LogP contribution in [-0.4, -0.2) is 48.1 Å². The van der Waals surface area contributed by atoms with Crippen molar-refractivity contribution in [3.05, 3.63) is 4.88 Å². The molecule has 0 aliphatic heterocycles. The summed E-state index contributed by atoms with van der Waals surface area (Å²) in [4.78, 5) is 19.3. The van der Waals surface area contributed by atoms with Gasteiger partial charge < -0.3 is 20.7 Å². The first-order valence-corrected chi connectivity index (χ1v) is 7.83. The number of nitrogens with two attached hydrogens (primary N) is 1. The molecule has 0 spiro atoms. The van der Waals surface area contributed by atoms with Gasteiger partial charge in [-0.3, -0.25) is 4.79 Å². The van der Waals surface area contributed by atoms with E-state index >= 15 is 0 Å². The van der Waals surface area contributed by atoms with Crippen LogP contribution in [0, 0.1) is 0 Å². The van der Waals surface area contributed by atoms with Crippen LogP contribution in [0.3, 0.4) is 0 Å². The summed E-state index contributed by atoms with van der Waals surface area (Å²) in [5.41, 5.74) is 5.91. The number of rotatable bonds is 7. The van der Waals surface area contributed by atoms with Crippen LogP contribution >= 0.6 is 11.3 Å². The van der Waals surface area contributed by atoms with Crippen molar-refractivity contribution in [2.45, 2.75) is 37.8 Å². The average molecular weight is 296 g/mol. The molecule has 0 radical (unpaired) electrons. The summed E-state index contributed by atoms with van der Waals surface area (Å²) in [6.07, 6.45) is 4.48. The lowest BCUT2D eigenvalue weighted by Crippen LogP contribution is -2.35. The number of amides is 1. The number of aromatic nitrogens is 1. The van der Waals surface area contributed by atoms with Gasteiger partial charge >= 0.3 is 0 Å². The van der Waals surface area contributed by atoms with Crippen molar-refractivity contribution < 1.29 is 9.53 Å². The van der Waals surface area contributed by atoms with Crippen molar-refractivity contribution in [3.63, 3.8) is 0 Å². The number of methoxy groups -OCH3 is 1. The monoisotopic (exact) mass is 296 g/mol. The van der Waals surface area contributed by atoms with Crippen LogP contribution in [0.2, 0.25) is 0 Å². The Kier molecular flexibility index (Phi) is 3.80. The minimum atomic E-state index is -0.0107. The van der Waals surface area contributed by atoms with E-state index in [1.54, 1.807) is 7.11 Å². The molecule has 6 nitrogen and oxygen atoms in total. The number of ether oxygens (including phenoxy) is 1. The maximum atomic E-state index is 12.6. The summed E-state index contributed by atoms with van der Waals surface area (Å²) >= 11 is 1.36. The van der Waals surface area contributed by atoms with Crippen molar-refractivity contribution >= 4 is 28.2 Å². The Labute approximate surface area is 122 Å². The third-order valence-electron chi connectivity index (χ3n) is 3.54. The number of thiazole rings is 1. The van der Waals surface area contributed by atoms with Crippen LogP contribution in [0.15, 0.2) is 0 Å². The lowest BCUT2D eigenvalue weighted by molar-refractivity contribution is 0.0685. The Balaban J connectivity index is 1.71. The SMILES string of the molecule is COCCN(C(=O)c1sc(NC2CC2)nc1N)C1CC1. The van der Waals surface area contributed by atoms with E-state index in [2.05, 4.69) is 10.3 Å². The Hall–Kier alpha value is -1.34.